The number of hydrogen-bond donors (Lipinski definition) is 0. The van der Waals surface area contributed by atoms with Crippen LogP contribution in [0.25, 0.3) is 0 Å². The third-order valence-electron chi connectivity index (χ3n) is 5.81. The van der Waals surface area contributed by atoms with E-state index < -0.39 is 26.7 Å². The number of aryl methyl sites for hydroxylation is 1. The van der Waals surface area contributed by atoms with Gasteiger partial charge in [-0.15, -0.1) is 11.3 Å². The van der Waals surface area contributed by atoms with E-state index in [1.807, 2.05) is 10.3 Å². The first kappa shape index (κ1) is 24.7. The van der Waals surface area contributed by atoms with E-state index >= 15 is 0 Å². The highest BCUT2D eigenvalue weighted by Crippen LogP contribution is 2.35. The number of benzene rings is 2. The Morgan fingerprint density at radius 2 is 1.62 bits per heavy atom. The summed E-state index contributed by atoms with van der Waals surface area (Å²) in [7, 11) is -4.26. The van der Waals surface area contributed by atoms with Crippen molar-refractivity contribution in [2.45, 2.75) is 37.3 Å². The summed E-state index contributed by atoms with van der Waals surface area (Å²) < 4.78 is 67.1. The monoisotopic (exact) mass is 509 g/mol. The number of hydrogen-bond acceptors (Lipinski definition) is 5. The molecule has 0 atom stereocenters. The first-order chi connectivity index (χ1) is 16.2. The van der Waals surface area contributed by atoms with Gasteiger partial charge in [0.05, 0.1) is 16.2 Å². The largest absolute Gasteiger partial charge is 0.417 e. The molecule has 0 amide bonds. The molecule has 0 bridgehead atoms. The Morgan fingerprint density at radius 1 is 0.971 bits per heavy atom. The van der Waals surface area contributed by atoms with E-state index in [-0.39, 0.29) is 13.1 Å². The Kier molecular flexibility index (Phi) is 7.30. The zero-order chi connectivity index (χ0) is 24.3. The van der Waals surface area contributed by atoms with Crippen LogP contribution in [-0.2, 0) is 29.0 Å². The first-order valence-corrected chi connectivity index (χ1v) is 13.4. The standard InChI is InChI=1S/C24H26F3N3O2S2/c1-2-5-18-8-10-19(11-9-18)16-20-17-33-23(28-20)29-12-14-30(15-13-29)34(31,32)22-7-4-3-6-21(22)24(25,26)27/h3-4,6-11,17H,2,5,12-16H2,1H3. The molecule has 1 aromatic heterocycles. The number of alkyl halides is 3. The molecule has 3 aromatic rings. The van der Waals surface area contributed by atoms with E-state index in [0.717, 1.165) is 40.1 Å². The van der Waals surface area contributed by atoms with Gasteiger partial charge in [0.25, 0.3) is 0 Å². The van der Waals surface area contributed by atoms with Crippen LogP contribution in [-0.4, -0.2) is 43.9 Å². The lowest BCUT2D eigenvalue weighted by Gasteiger charge is -2.34. The second-order valence-corrected chi connectivity index (χ2v) is 11.0. The molecule has 34 heavy (non-hydrogen) atoms. The van der Waals surface area contributed by atoms with Crippen LogP contribution in [0.15, 0.2) is 58.8 Å². The Bertz CT molecular complexity index is 1220. The van der Waals surface area contributed by atoms with Crippen LogP contribution in [0.4, 0.5) is 18.3 Å². The molecular formula is C24H26F3N3O2S2. The van der Waals surface area contributed by atoms with Gasteiger partial charge < -0.3 is 4.90 Å². The summed E-state index contributed by atoms with van der Waals surface area (Å²) in [4.78, 5) is 6.00. The molecule has 1 aliphatic heterocycles. The number of thiazole rings is 1. The molecule has 0 spiro atoms. The fraction of sp³-hybridized carbons (Fsp3) is 0.375. The molecular weight excluding hydrogens is 483 g/mol. The lowest BCUT2D eigenvalue weighted by molar-refractivity contribution is -0.139. The summed E-state index contributed by atoms with van der Waals surface area (Å²) in [5.74, 6) is 0. The van der Waals surface area contributed by atoms with E-state index in [1.54, 1.807) is 0 Å². The van der Waals surface area contributed by atoms with E-state index in [9.17, 15) is 21.6 Å². The highest BCUT2D eigenvalue weighted by atomic mass is 32.2. The summed E-state index contributed by atoms with van der Waals surface area (Å²) in [6, 6.07) is 12.8. The molecule has 2 heterocycles. The van der Waals surface area contributed by atoms with Crippen molar-refractivity contribution in [3.05, 3.63) is 76.3 Å². The number of anilines is 1. The number of halogens is 3. The van der Waals surface area contributed by atoms with E-state index in [4.69, 9.17) is 4.98 Å². The first-order valence-electron chi connectivity index (χ1n) is 11.1. The topological polar surface area (TPSA) is 53.5 Å². The lowest BCUT2D eigenvalue weighted by atomic mass is 10.1. The molecule has 1 fully saturated rings. The summed E-state index contributed by atoms with van der Waals surface area (Å²) in [5, 5.41) is 2.79. The van der Waals surface area contributed by atoms with Crippen LogP contribution in [0.5, 0.6) is 0 Å². The number of piperazine rings is 1. The summed E-state index contributed by atoms with van der Waals surface area (Å²) in [5.41, 5.74) is 2.30. The molecule has 0 saturated carbocycles. The second kappa shape index (κ2) is 10.1. The Balaban J connectivity index is 1.40. The quantitative estimate of drug-likeness (QED) is 0.439. The predicted molar refractivity (Wildman–Crippen MR) is 128 cm³/mol. The third-order valence-corrected chi connectivity index (χ3v) is 8.71. The Hall–Kier alpha value is -2.43. The maximum absolute atomic E-state index is 13.3. The second-order valence-electron chi connectivity index (χ2n) is 8.25. The fourth-order valence-corrected chi connectivity index (χ4v) is 6.54. The molecule has 1 saturated heterocycles. The molecule has 0 aliphatic carbocycles. The van der Waals surface area contributed by atoms with Gasteiger partial charge in [-0.05, 0) is 29.7 Å². The van der Waals surface area contributed by atoms with Crippen molar-refractivity contribution in [3.63, 3.8) is 0 Å². The fourth-order valence-electron chi connectivity index (χ4n) is 4.03. The Labute approximate surface area is 201 Å². The smallest absolute Gasteiger partial charge is 0.345 e. The van der Waals surface area contributed by atoms with Crippen LogP contribution in [0.3, 0.4) is 0 Å². The van der Waals surface area contributed by atoms with Crippen molar-refractivity contribution in [3.8, 4) is 0 Å². The highest BCUT2D eigenvalue weighted by molar-refractivity contribution is 7.89. The Morgan fingerprint density at radius 3 is 2.26 bits per heavy atom. The molecule has 0 radical (unpaired) electrons. The van der Waals surface area contributed by atoms with Crippen LogP contribution < -0.4 is 4.90 Å². The molecule has 5 nitrogen and oxygen atoms in total. The van der Waals surface area contributed by atoms with Gasteiger partial charge in [-0.1, -0.05) is 49.7 Å². The molecule has 182 valence electrons. The van der Waals surface area contributed by atoms with Crippen molar-refractivity contribution < 1.29 is 21.6 Å². The van der Waals surface area contributed by atoms with E-state index in [2.05, 4.69) is 31.2 Å². The zero-order valence-corrected chi connectivity index (χ0v) is 20.4. The SMILES string of the molecule is CCCc1ccc(Cc2csc(N3CCN(S(=O)(=O)c4ccccc4C(F)(F)F)CC3)n2)cc1. The molecule has 1 aliphatic rings. The van der Waals surface area contributed by atoms with Gasteiger partial charge in [0.2, 0.25) is 10.0 Å². The van der Waals surface area contributed by atoms with Gasteiger partial charge >= 0.3 is 6.18 Å². The van der Waals surface area contributed by atoms with Gasteiger partial charge in [0.1, 0.15) is 0 Å². The number of sulfonamides is 1. The van der Waals surface area contributed by atoms with Crippen LogP contribution >= 0.6 is 11.3 Å². The maximum atomic E-state index is 13.3. The van der Waals surface area contributed by atoms with Gasteiger partial charge in [-0.2, -0.15) is 17.5 Å². The molecule has 4 rings (SSSR count). The van der Waals surface area contributed by atoms with E-state index in [0.29, 0.717) is 19.5 Å². The minimum atomic E-state index is -4.74. The van der Waals surface area contributed by atoms with Gasteiger partial charge in [0, 0.05) is 38.0 Å². The van der Waals surface area contributed by atoms with Gasteiger partial charge in [-0.3, -0.25) is 0 Å². The van der Waals surface area contributed by atoms with Crippen LogP contribution in [0, 0.1) is 0 Å². The van der Waals surface area contributed by atoms with Crippen molar-refractivity contribution in [2.24, 2.45) is 0 Å². The minimum Gasteiger partial charge on any atom is -0.345 e. The van der Waals surface area contributed by atoms with Crippen molar-refractivity contribution in [2.75, 3.05) is 31.1 Å². The minimum absolute atomic E-state index is 0.0995. The maximum Gasteiger partial charge on any atom is 0.417 e. The van der Waals surface area contributed by atoms with Gasteiger partial charge in [0.15, 0.2) is 5.13 Å². The molecule has 10 heteroatoms. The van der Waals surface area contributed by atoms with Crippen LogP contribution in [0.1, 0.15) is 35.7 Å². The number of rotatable bonds is 7. The summed E-state index contributed by atoms with van der Waals surface area (Å²) in [6.45, 7) is 3.09. The molecule has 0 N–H and O–H groups in total. The zero-order valence-electron chi connectivity index (χ0n) is 18.8. The van der Waals surface area contributed by atoms with Crippen molar-refractivity contribution >= 4 is 26.5 Å². The average molecular weight is 510 g/mol. The summed E-state index contributed by atoms with van der Waals surface area (Å²) in [6.07, 6.45) is -1.85. The normalized spacial score (nSPS) is 15.6. The summed E-state index contributed by atoms with van der Waals surface area (Å²) >= 11 is 1.50. The highest BCUT2D eigenvalue weighted by Gasteiger charge is 2.39. The number of nitrogens with zero attached hydrogens (tertiary/aromatic N) is 3. The van der Waals surface area contributed by atoms with Gasteiger partial charge in [-0.25, -0.2) is 13.4 Å². The van der Waals surface area contributed by atoms with E-state index in [1.165, 1.54) is 34.6 Å². The number of aromatic nitrogens is 1. The third kappa shape index (κ3) is 5.45. The average Bonchev–Trinajstić information content (AvgIpc) is 3.28. The van der Waals surface area contributed by atoms with Crippen LogP contribution in [0.2, 0.25) is 0 Å². The van der Waals surface area contributed by atoms with Crippen molar-refractivity contribution in [1.29, 1.82) is 0 Å². The predicted octanol–water partition coefficient (Wildman–Crippen LogP) is 5.22. The molecule has 0 unspecified atom stereocenters. The van der Waals surface area contributed by atoms with Crippen molar-refractivity contribution in [1.82, 2.24) is 9.29 Å². The molecule has 2 aromatic carbocycles. The lowest BCUT2D eigenvalue weighted by Crippen LogP contribution is -2.49.